The van der Waals surface area contributed by atoms with Gasteiger partial charge < -0.3 is 10.1 Å². The van der Waals surface area contributed by atoms with Gasteiger partial charge in [0.05, 0.1) is 16.5 Å². The van der Waals surface area contributed by atoms with Crippen molar-refractivity contribution in [2.45, 2.75) is 50.7 Å². The minimum absolute atomic E-state index is 0.0277. The normalized spacial score (nSPS) is 13.2. The van der Waals surface area contributed by atoms with Crippen LogP contribution >= 0.6 is 23.2 Å². The van der Waals surface area contributed by atoms with Crippen LogP contribution in [0.15, 0.2) is 23.1 Å². The van der Waals surface area contributed by atoms with Crippen LogP contribution in [0.1, 0.15) is 34.1 Å². The molecule has 146 valence electrons. The number of carbonyl (C=O) groups is 2. The molecule has 0 heterocycles. The molecule has 1 atom stereocenters. The molecule has 1 aromatic rings. The van der Waals surface area contributed by atoms with Crippen LogP contribution in [0.25, 0.3) is 0 Å². The third kappa shape index (κ3) is 7.11. The Bertz CT molecular complexity index is 755. The summed E-state index contributed by atoms with van der Waals surface area (Å²) in [6.45, 7) is 6.61. The van der Waals surface area contributed by atoms with Gasteiger partial charge in [0.15, 0.2) is 6.10 Å². The highest BCUT2D eigenvalue weighted by atomic mass is 35.5. The van der Waals surface area contributed by atoms with Gasteiger partial charge in [-0.25, -0.2) is 13.1 Å². The summed E-state index contributed by atoms with van der Waals surface area (Å²) in [6, 6.07) is 4.31. The molecule has 10 heteroatoms. The van der Waals surface area contributed by atoms with Crippen molar-refractivity contribution < 1.29 is 22.7 Å². The number of rotatable bonds is 7. The predicted molar refractivity (Wildman–Crippen MR) is 99.7 cm³/mol. The lowest BCUT2D eigenvalue weighted by atomic mass is 10.1. The number of benzene rings is 1. The minimum atomic E-state index is -3.99. The lowest BCUT2D eigenvalue weighted by molar-refractivity contribution is -0.155. The highest BCUT2D eigenvalue weighted by Crippen LogP contribution is 2.28. The minimum Gasteiger partial charge on any atom is -0.453 e. The van der Waals surface area contributed by atoms with E-state index in [1.165, 1.54) is 25.1 Å². The monoisotopic (exact) mass is 424 g/mol. The van der Waals surface area contributed by atoms with E-state index in [-0.39, 0.29) is 27.9 Å². The molecule has 0 aliphatic rings. The van der Waals surface area contributed by atoms with Crippen molar-refractivity contribution in [2.24, 2.45) is 0 Å². The van der Waals surface area contributed by atoms with E-state index in [0.717, 1.165) is 0 Å². The highest BCUT2D eigenvalue weighted by Gasteiger charge is 2.24. The summed E-state index contributed by atoms with van der Waals surface area (Å²) in [7, 11) is -3.99. The van der Waals surface area contributed by atoms with Gasteiger partial charge in [-0.15, -0.1) is 0 Å². The largest absolute Gasteiger partial charge is 0.453 e. The number of hydrogen-bond acceptors (Lipinski definition) is 5. The molecule has 1 rings (SSSR count). The van der Waals surface area contributed by atoms with E-state index in [0.29, 0.717) is 0 Å². The smallest absolute Gasteiger partial charge is 0.307 e. The van der Waals surface area contributed by atoms with Gasteiger partial charge in [0.1, 0.15) is 4.90 Å². The summed E-state index contributed by atoms with van der Waals surface area (Å²) >= 11 is 11.7. The molecular formula is C16H22Cl2N2O5S. The molecule has 0 aliphatic carbocycles. The third-order valence-electron chi connectivity index (χ3n) is 2.98. The maximum absolute atomic E-state index is 12.2. The number of esters is 1. The van der Waals surface area contributed by atoms with E-state index in [1.54, 1.807) is 20.8 Å². The first-order valence-corrected chi connectivity index (χ1v) is 10.0. The molecule has 0 spiro atoms. The molecule has 0 fully saturated rings. The van der Waals surface area contributed by atoms with E-state index < -0.39 is 33.5 Å². The molecule has 26 heavy (non-hydrogen) atoms. The Morgan fingerprint density at radius 2 is 1.73 bits per heavy atom. The van der Waals surface area contributed by atoms with E-state index in [1.807, 2.05) is 0 Å². The fraction of sp³-hybridized carbons (Fsp3) is 0.500. The maximum Gasteiger partial charge on any atom is 0.307 e. The van der Waals surface area contributed by atoms with E-state index >= 15 is 0 Å². The molecule has 2 N–H and O–H groups in total. The second kappa shape index (κ2) is 9.03. The number of ether oxygens (including phenoxy) is 1. The van der Waals surface area contributed by atoms with Crippen molar-refractivity contribution in [1.82, 2.24) is 10.0 Å². The number of hydrogen-bond donors (Lipinski definition) is 2. The van der Waals surface area contributed by atoms with Gasteiger partial charge in [-0.2, -0.15) is 0 Å². The van der Waals surface area contributed by atoms with Gasteiger partial charge in [-0.05, 0) is 39.8 Å². The molecule has 0 aromatic heterocycles. The summed E-state index contributed by atoms with van der Waals surface area (Å²) < 4.78 is 31.7. The Morgan fingerprint density at radius 1 is 1.19 bits per heavy atom. The maximum atomic E-state index is 12.2. The van der Waals surface area contributed by atoms with Gasteiger partial charge in [-0.3, -0.25) is 9.59 Å². The standard InChI is InChI=1S/C16H22Cl2N2O5S/c1-10(15(22)20-16(2,3)4)25-13(21)8-9-19-26(23,24)14-11(17)6-5-7-12(14)18/h5-7,10,19H,8-9H2,1-4H3,(H,20,22). The van der Waals surface area contributed by atoms with Crippen molar-refractivity contribution >= 4 is 45.1 Å². The lowest BCUT2D eigenvalue weighted by Crippen LogP contribution is -2.46. The Hall–Kier alpha value is -1.35. The van der Waals surface area contributed by atoms with Gasteiger partial charge in [0.25, 0.3) is 5.91 Å². The van der Waals surface area contributed by atoms with Gasteiger partial charge >= 0.3 is 5.97 Å². The number of sulfonamides is 1. The fourth-order valence-electron chi connectivity index (χ4n) is 1.88. The topological polar surface area (TPSA) is 102 Å². The van der Waals surface area contributed by atoms with Crippen LogP contribution in [-0.2, 0) is 24.3 Å². The van der Waals surface area contributed by atoms with Crippen molar-refractivity contribution in [3.05, 3.63) is 28.2 Å². The summed E-state index contributed by atoms with van der Waals surface area (Å²) in [4.78, 5) is 23.4. The molecule has 0 radical (unpaired) electrons. The second-order valence-electron chi connectivity index (χ2n) is 6.57. The third-order valence-corrected chi connectivity index (χ3v) is 5.40. The average molecular weight is 425 g/mol. The molecule has 7 nitrogen and oxygen atoms in total. The second-order valence-corrected chi connectivity index (χ2v) is 9.09. The van der Waals surface area contributed by atoms with Crippen molar-refractivity contribution in [2.75, 3.05) is 6.54 Å². The molecule has 0 saturated heterocycles. The molecule has 1 unspecified atom stereocenters. The van der Waals surface area contributed by atoms with Crippen molar-refractivity contribution in [3.63, 3.8) is 0 Å². The van der Waals surface area contributed by atoms with E-state index in [4.69, 9.17) is 27.9 Å². The van der Waals surface area contributed by atoms with Gasteiger partial charge in [0.2, 0.25) is 10.0 Å². The van der Waals surface area contributed by atoms with Crippen LogP contribution in [0.2, 0.25) is 10.0 Å². The fourth-order valence-corrected chi connectivity index (χ4v) is 4.05. The van der Waals surface area contributed by atoms with Crippen molar-refractivity contribution in [3.8, 4) is 0 Å². The molecule has 1 amide bonds. The first-order valence-electron chi connectivity index (χ1n) is 7.78. The zero-order valence-corrected chi connectivity index (χ0v) is 17.3. The molecule has 0 bridgehead atoms. The van der Waals surface area contributed by atoms with Crippen LogP contribution < -0.4 is 10.0 Å². The van der Waals surface area contributed by atoms with Crippen LogP contribution in [0.5, 0.6) is 0 Å². The van der Waals surface area contributed by atoms with Crippen LogP contribution in [0.3, 0.4) is 0 Å². The summed E-state index contributed by atoms with van der Waals surface area (Å²) in [5.74, 6) is -1.15. The number of carbonyl (C=O) groups excluding carboxylic acids is 2. The number of amides is 1. The Balaban J connectivity index is 2.57. The average Bonchev–Trinajstić information content (AvgIpc) is 2.44. The van der Waals surface area contributed by atoms with Crippen LogP contribution in [0.4, 0.5) is 0 Å². The Kier molecular flexibility index (Phi) is 7.88. The Morgan fingerprint density at radius 3 is 2.23 bits per heavy atom. The molecule has 0 saturated carbocycles. The van der Waals surface area contributed by atoms with Gasteiger partial charge in [0, 0.05) is 12.1 Å². The summed E-state index contributed by atoms with van der Waals surface area (Å²) in [5, 5.41) is 2.63. The van der Waals surface area contributed by atoms with Gasteiger partial charge in [-0.1, -0.05) is 29.3 Å². The zero-order chi connectivity index (χ0) is 20.1. The van der Waals surface area contributed by atoms with Crippen LogP contribution in [-0.4, -0.2) is 38.5 Å². The zero-order valence-electron chi connectivity index (χ0n) is 14.9. The van der Waals surface area contributed by atoms with E-state index in [2.05, 4.69) is 10.0 Å². The Labute approximate surface area is 163 Å². The first-order chi connectivity index (χ1) is 11.8. The molecule has 0 aliphatic heterocycles. The SMILES string of the molecule is CC(OC(=O)CCNS(=O)(=O)c1c(Cl)cccc1Cl)C(=O)NC(C)(C)C. The predicted octanol–water partition coefficient (Wildman–Crippen LogP) is 2.51. The number of nitrogens with one attached hydrogen (secondary N) is 2. The lowest BCUT2D eigenvalue weighted by Gasteiger charge is -2.23. The molecular weight excluding hydrogens is 403 g/mol. The summed E-state index contributed by atoms with van der Waals surface area (Å²) in [6.07, 6.45) is -1.25. The van der Waals surface area contributed by atoms with Crippen LogP contribution in [0, 0.1) is 0 Å². The first kappa shape index (κ1) is 22.7. The highest BCUT2D eigenvalue weighted by molar-refractivity contribution is 7.89. The number of halogens is 2. The van der Waals surface area contributed by atoms with E-state index in [9.17, 15) is 18.0 Å². The summed E-state index contributed by atoms with van der Waals surface area (Å²) in [5.41, 5.74) is -0.457. The van der Waals surface area contributed by atoms with Crippen molar-refractivity contribution in [1.29, 1.82) is 0 Å². The quantitative estimate of drug-likeness (QED) is 0.654. The molecule has 1 aromatic carbocycles.